The molecule has 0 aliphatic heterocycles. The van der Waals surface area contributed by atoms with Gasteiger partial charge in [-0.05, 0) is 12.8 Å². The fourth-order valence-corrected chi connectivity index (χ4v) is 2.88. The van der Waals surface area contributed by atoms with Crippen LogP contribution in [0.4, 0.5) is 0 Å². The van der Waals surface area contributed by atoms with Crippen LogP contribution in [0.25, 0.3) is 0 Å². The van der Waals surface area contributed by atoms with Crippen molar-refractivity contribution in [3.05, 3.63) is 0 Å². The smallest absolute Gasteiger partial charge is 0.307 e. The molecule has 1 N–H and O–H groups in total. The summed E-state index contributed by atoms with van der Waals surface area (Å²) in [4.78, 5) is 33.7. The van der Waals surface area contributed by atoms with E-state index in [1.54, 1.807) is 0 Å². The Bertz CT molecular complexity index is 314. The molecule has 0 heterocycles. The molecule has 2 atom stereocenters. The van der Waals surface area contributed by atoms with Crippen molar-refractivity contribution in [3.8, 4) is 0 Å². The average molecular weight is 258 g/mol. The first-order valence-corrected chi connectivity index (χ1v) is 6.90. The number of Topliss-reactive ketones (excluding diaryl/α,β-unsaturated/α-hetero) is 1. The van der Waals surface area contributed by atoms with E-state index in [9.17, 15) is 14.4 Å². The fraction of sp³-hybridized carbons (Fsp3) is 0.750. The Morgan fingerprint density at radius 1 is 1.18 bits per heavy atom. The van der Waals surface area contributed by atoms with E-state index in [1.807, 2.05) is 0 Å². The highest BCUT2D eigenvalue weighted by Gasteiger charge is 2.34. The molecule has 1 saturated carbocycles. The Hall–Kier alpha value is -0.840. The Morgan fingerprint density at radius 2 is 1.76 bits per heavy atom. The van der Waals surface area contributed by atoms with Gasteiger partial charge < -0.3 is 5.11 Å². The summed E-state index contributed by atoms with van der Waals surface area (Å²) in [5.41, 5.74) is 0. The maximum atomic E-state index is 11.9. The summed E-state index contributed by atoms with van der Waals surface area (Å²) >= 11 is 1.13. The lowest BCUT2D eigenvalue weighted by Crippen LogP contribution is -2.32. The minimum atomic E-state index is -0.859. The van der Waals surface area contributed by atoms with E-state index in [0.29, 0.717) is 25.0 Å². The minimum Gasteiger partial charge on any atom is -0.481 e. The predicted molar refractivity (Wildman–Crippen MR) is 65.8 cm³/mol. The number of hydrogen-bond acceptors (Lipinski definition) is 4. The molecule has 0 aromatic rings. The summed E-state index contributed by atoms with van der Waals surface area (Å²) in [6.07, 6.45) is 3.41. The van der Waals surface area contributed by atoms with E-state index in [4.69, 9.17) is 5.11 Å². The van der Waals surface area contributed by atoms with Gasteiger partial charge in [0.15, 0.2) is 5.12 Å². The van der Waals surface area contributed by atoms with E-state index in [2.05, 4.69) is 0 Å². The quantitative estimate of drug-likeness (QED) is 0.817. The first kappa shape index (κ1) is 14.2. The first-order valence-electron chi connectivity index (χ1n) is 5.91. The lowest BCUT2D eigenvalue weighted by Gasteiger charge is -2.27. The van der Waals surface area contributed by atoms with Gasteiger partial charge in [-0.15, -0.1) is 0 Å². The second kappa shape index (κ2) is 6.79. The Morgan fingerprint density at radius 3 is 2.29 bits per heavy atom. The molecule has 0 unspecified atom stereocenters. The standard InChI is InChI=1S/C12H18O4S/c1-8(13)17-7-6-11(14)9-4-2-3-5-10(9)12(15)16/h9-10H,2-7H2,1H3,(H,15,16)/t9-,10-/m1/s1. The Kier molecular flexibility index (Phi) is 5.68. The third-order valence-electron chi connectivity index (χ3n) is 3.15. The largest absolute Gasteiger partial charge is 0.481 e. The summed E-state index contributed by atoms with van der Waals surface area (Å²) in [5, 5.41) is 9.06. The zero-order valence-electron chi connectivity index (χ0n) is 9.98. The van der Waals surface area contributed by atoms with Crippen LogP contribution in [0, 0.1) is 11.8 Å². The lowest BCUT2D eigenvalue weighted by atomic mass is 9.76. The van der Waals surface area contributed by atoms with Gasteiger partial charge in [0.1, 0.15) is 5.78 Å². The van der Waals surface area contributed by atoms with Crippen molar-refractivity contribution in [1.82, 2.24) is 0 Å². The van der Waals surface area contributed by atoms with Gasteiger partial charge in [0.25, 0.3) is 0 Å². The number of carbonyl (C=O) groups is 3. The van der Waals surface area contributed by atoms with Gasteiger partial charge in [-0.1, -0.05) is 24.6 Å². The molecular weight excluding hydrogens is 240 g/mol. The number of carbonyl (C=O) groups excluding carboxylic acids is 2. The monoisotopic (exact) mass is 258 g/mol. The fourth-order valence-electron chi connectivity index (χ4n) is 2.29. The zero-order chi connectivity index (χ0) is 12.8. The van der Waals surface area contributed by atoms with Crippen LogP contribution >= 0.6 is 11.8 Å². The topological polar surface area (TPSA) is 71.4 Å². The third-order valence-corrected chi connectivity index (χ3v) is 3.97. The molecule has 0 bridgehead atoms. The normalized spacial score (nSPS) is 24.3. The van der Waals surface area contributed by atoms with Crippen molar-refractivity contribution >= 4 is 28.6 Å². The second-order valence-electron chi connectivity index (χ2n) is 4.39. The summed E-state index contributed by atoms with van der Waals surface area (Å²) in [6.45, 7) is 1.47. The Labute approximate surface area is 105 Å². The number of ketones is 1. The van der Waals surface area contributed by atoms with Gasteiger partial charge in [0.05, 0.1) is 5.92 Å². The number of aliphatic carboxylic acids is 1. The summed E-state index contributed by atoms with van der Waals surface area (Å²) in [5.74, 6) is -1.24. The first-order chi connectivity index (χ1) is 8.02. The van der Waals surface area contributed by atoms with Crippen LogP contribution in [0.3, 0.4) is 0 Å². The predicted octanol–water partition coefficient (Wildman–Crippen LogP) is 2.12. The summed E-state index contributed by atoms with van der Waals surface area (Å²) < 4.78 is 0. The minimum absolute atomic E-state index is 0.00349. The van der Waals surface area contributed by atoms with E-state index < -0.39 is 11.9 Å². The molecule has 0 amide bonds. The zero-order valence-corrected chi connectivity index (χ0v) is 10.8. The van der Waals surface area contributed by atoms with Crippen LogP contribution in [0.2, 0.25) is 0 Å². The number of hydrogen-bond donors (Lipinski definition) is 1. The van der Waals surface area contributed by atoms with Crippen LogP contribution in [0.5, 0.6) is 0 Å². The summed E-state index contributed by atoms with van der Waals surface area (Å²) in [7, 11) is 0. The van der Waals surface area contributed by atoms with Crippen LogP contribution in [-0.2, 0) is 14.4 Å². The van der Waals surface area contributed by atoms with Crippen molar-refractivity contribution in [1.29, 1.82) is 0 Å². The number of carboxylic acid groups (broad SMARTS) is 1. The molecule has 0 aromatic heterocycles. The molecule has 1 rings (SSSR count). The van der Waals surface area contributed by atoms with Crippen LogP contribution in [0.1, 0.15) is 39.0 Å². The molecule has 0 saturated heterocycles. The number of thioether (sulfide) groups is 1. The molecule has 1 aliphatic rings. The SMILES string of the molecule is CC(=O)SCCC(=O)[C@@H]1CCCC[C@H]1C(=O)O. The molecule has 0 spiro atoms. The van der Waals surface area contributed by atoms with E-state index >= 15 is 0 Å². The molecule has 0 radical (unpaired) electrons. The second-order valence-corrected chi connectivity index (χ2v) is 5.66. The molecule has 96 valence electrons. The highest BCUT2D eigenvalue weighted by molar-refractivity contribution is 8.13. The van der Waals surface area contributed by atoms with Crippen molar-refractivity contribution in [3.63, 3.8) is 0 Å². The van der Waals surface area contributed by atoms with Crippen LogP contribution in [-0.4, -0.2) is 27.7 Å². The van der Waals surface area contributed by atoms with Crippen molar-refractivity contribution < 1.29 is 19.5 Å². The van der Waals surface area contributed by atoms with Crippen molar-refractivity contribution in [2.24, 2.45) is 11.8 Å². The van der Waals surface area contributed by atoms with Crippen LogP contribution in [0.15, 0.2) is 0 Å². The van der Waals surface area contributed by atoms with E-state index in [-0.39, 0.29) is 16.8 Å². The number of rotatable bonds is 5. The van der Waals surface area contributed by atoms with Gasteiger partial charge in [-0.3, -0.25) is 14.4 Å². The van der Waals surface area contributed by atoms with Gasteiger partial charge in [0.2, 0.25) is 0 Å². The van der Waals surface area contributed by atoms with Crippen molar-refractivity contribution in [2.75, 3.05) is 5.75 Å². The van der Waals surface area contributed by atoms with E-state index in [1.165, 1.54) is 6.92 Å². The Balaban J connectivity index is 2.47. The molecule has 1 fully saturated rings. The summed E-state index contributed by atoms with van der Waals surface area (Å²) in [6, 6.07) is 0. The molecular formula is C12H18O4S. The number of carboxylic acids is 1. The van der Waals surface area contributed by atoms with Gasteiger partial charge in [-0.25, -0.2) is 0 Å². The average Bonchev–Trinajstić information content (AvgIpc) is 2.28. The molecule has 17 heavy (non-hydrogen) atoms. The van der Waals surface area contributed by atoms with Crippen LogP contribution < -0.4 is 0 Å². The molecule has 0 aromatic carbocycles. The molecule has 5 heteroatoms. The molecule has 4 nitrogen and oxygen atoms in total. The maximum Gasteiger partial charge on any atom is 0.307 e. The van der Waals surface area contributed by atoms with Gasteiger partial charge >= 0.3 is 5.97 Å². The van der Waals surface area contributed by atoms with Gasteiger partial charge in [-0.2, -0.15) is 0 Å². The lowest BCUT2D eigenvalue weighted by molar-refractivity contribution is -0.148. The van der Waals surface area contributed by atoms with E-state index in [0.717, 1.165) is 24.6 Å². The highest BCUT2D eigenvalue weighted by atomic mass is 32.2. The third kappa shape index (κ3) is 4.50. The maximum absolute atomic E-state index is 11.9. The van der Waals surface area contributed by atoms with Gasteiger partial charge in [0, 0.05) is 25.0 Å². The van der Waals surface area contributed by atoms with Crippen molar-refractivity contribution in [2.45, 2.75) is 39.0 Å². The highest BCUT2D eigenvalue weighted by Crippen LogP contribution is 2.31. The molecule has 1 aliphatic carbocycles.